The molecule has 0 radical (unpaired) electrons. The van der Waals surface area contributed by atoms with Crippen LogP contribution in [-0.4, -0.2) is 22.8 Å². The lowest BCUT2D eigenvalue weighted by Crippen LogP contribution is -2.29. The zero-order valence-corrected chi connectivity index (χ0v) is 13.0. The quantitative estimate of drug-likeness (QED) is 0.768. The summed E-state index contributed by atoms with van der Waals surface area (Å²) in [5.41, 5.74) is 4.34. The Balaban J connectivity index is 1.73. The molecule has 3 nitrogen and oxygen atoms in total. The van der Waals surface area contributed by atoms with Crippen LogP contribution in [0.3, 0.4) is 0 Å². The van der Waals surface area contributed by atoms with Gasteiger partial charge in [-0.05, 0) is 63.8 Å². The van der Waals surface area contributed by atoms with Crippen LogP contribution >= 0.6 is 0 Å². The van der Waals surface area contributed by atoms with Gasteiger partial charge in [-0.2, -0.15) is 5.10 Å². The van der Waals surface area contributed by atoms with Crippen LogP contribution in [0.2, 0.25) is 0 Å². The molecule has 114 valence electrons. The first-order valence-corrected chi connectivity index (χ1v) is 7.55. The van der Waals surface area contributed by atoms with Crippen molar-refractivity contribution in [2.24, 2.45) is 0 Å². The Morgan fingerprint density at radius 1 is 1.29 bits per heavy atom. The first-order chi connectivity index (χ1) is 10.1. The highest BCUT2D eigenvalue weighted by Gasteiger charge is 2.08. The van der Waals surface area contributed by atoms with Gasteiger partial charge in [0.15, 0.2) is 0 Å². The minimum absolute atomic E-state index is 0.115. The van der Waals surface area contributed by atoms with Crippen LogP contribution in [-0.2, 0) is 12.8 Å². The molecule has 0 bridgehead atoms. The first-order valence-electron chi connectivity index (χ1n) is 7.55. The number of aromatic nitrogens is 2. The van der Waals surface area contributed by atoms with E-state index in [1.807, 2.05) is 19.1 Å². The average Bonchev–Trinajstić information content (AvgIpc) is 2.77. The molecule has 0 aliphatic heterocycles. The lowest BCUT2D eigenvalue weighted by atomic mass is 10.1. The second kappa shape index (κ2) is 7.36. The van der Waals surface area contributed by atoms with Gasteiger partial charge in [0.05, 0.1) is 5.69 Å². The van der Waals surface area contributed by atoms with Crippen molar-refractivity contribution in [2.45, 2.75) is 46.1 Å². The fourth-order valence-electron chi connectivity index (χ4n) is 2.62. The number of H-pyrrole nitrogens is 1. The summed E-state index contributed by atoms with van der Waals surface area (Å²) in [7, 11) is 0. The van der Waals surface area contributed by atoms with Crippen LogP contribution in [0.4, 0.5) is 4.39 Å². The third kappa shape index (κ3) is 4.39. The van der Waals surface area contributed by atoms with E-state index in [2.05, 4.69) is 29.4 Å². The van der Waals surface area contributed by atoms with Crippen molar-refractivity contribution < 1.29 is 4.39 Å². The maximum Gasteiger partial charge on any atom is 0.126 e. The van der Waals surface area contributed by atoms with E-state index in [1.165, 1.54) is 11.6 Å². The number of nitrogens with zero attached hydrogens (tertiary/aromatic N) is 1. The Kier molecular flexibility index (Phi) is 5.51. The molecule has 0 fully saturated rings. The van der Waals surface area contributed by atoms with Crippen LogP contribution in [0.25, 0.3) is 0 Å². The van der Waals surface area contributed by atoms with E-state index in [4.69, 9.17) is 0 Å². The number of benzene rings is 1. The molecule has 0 aliphatic rings. The Morgan fingerprint density at radius 2 is 2.05 bits per heavy atom. The average molecular weight is 289 g/mol. The molecular formula is C17H24FN3. The predicted molar refractivity (Wildman–Crippen MR) is 84.0 cm³/mol. The van der Waals surface area contributed by atoms with E-state index >= 15 is 0 Å². The molecule has 1 aromatic carbocycles. The van der Waals surface area contributed by atoms with Crippen molar-refractivity contribution in [3.8, 4) is 0 Å². The minimum Gasteiger partial charge on any atom is -0.314 e. The van der Waals surface area contributed by atoms with Crippen molar-refractivity contribution in [1.82, 2.24) is 15.5 Å². The van der Waals surface area contributed by atoms with Crippen molar-refractivity contribution in [2.75, 3.05) is 6.54 Å². The summed E-state index contributed by atoms with van der Waals surface area (Å²) >= 11 is 0. The number of halogens is 1. The van der Waals surface area contributed by atoms with Gasteiger partial charge >= 0.3 is 0 Å². The van der Waals surface area contributed by atoms with Crippen molar-refractivity contribution in [1.29, 1.82) is 0 Å². The van der Waals surface area contributed by atoms with Gasteiger partial charge in [-0.1, -0.05) is 18.2 Å². The minimum atomic E-state index is -0.115. The molecule has 1 atom stereocenters. The van der Waals surface area contributed by atoms with Crippen LogP contribution < -0.4 is 5.32 Å². The molecule has 1 heterocycles. The molecule has 4 heteroatoms. The summed E-state index contributed by atoms with van der Waals surface area (Å²) in [5.74, 6) is -0.115. The van der Waals surface area contributed by atoms with Crippen LogP contribution in [0.5, 0.6) is 0 Å². The second-order valence-corrected chi connectivity index (χ2v) is 5.67. The third-order valence-corrected chi connectivity index (χ3v) is 3.86. The van der Waals surface area contributed by atoms with E-state index in [0.29, 0.717) is 0 Å². The molecule has 2 aromatic rings. The largest absolute Gasteiger partial charge is 0.314 e. The second-order valence-electron chi connectivity index (χ2n) is 5.67. The fraction of sp³-hybridized carbons (Fsp3) is 0.471. The van der Waals surface area contributed by atoms with Crippen LogP contribution in [0.15, 0.2) is 24.3 Å². The zero-order valence-electron chi connectivity index (χ0n) is 13.0. The monoisotopic (exact) mass is 289 g/mol. The predicted octanol–water partition coefficient (Wildman–Crippen LogP) is 3.32. The number of hydrogen-bond donors (Lipinski definition) is 2. The Labute approximate surface area is 126 Å². The molecule has 0 aliphatic carbocycles. The van der Waals surface area contributed by atoms with Crippen molar-refractivity contribution in [3.05, 3.63) is 52.6 Å². The zero-order chi connectivity index (χ0) is 15.2. The molecule has 2 rings (SSSR count). The molecule has 1 aromatic heterocycles. The normalized spacial score (nSPS) is 12.6. The summed E-state index contributed by atoms with van der Waals surface area (Å²) in [6.07, 6.45) is 2.80. The highest BCUT2D eigenvalue weighted by molar-refractivity contribution is 5.23. The Hall–Kier alpha value is -1.68. The SMILES string of the molecule is Cc1n[nH]c(C)c1CCCN[C@@H](C)Cc1ccccc1F. The van der Waals surface area contributed by atoms with Gasteiger partial charge in [0, 0.05) is 11.7 Å². The third-order valence-electron chi connectivity index (χ3n) is 3.86. The van der Waals surface area contributed by atoms with Gasteiger partial charge in [-0.15, -0.1) is 0 Å². The summed E-state index contributed by atoms with van der Waals surface area (Å²) in [6.45, 7) is 7.12. The van der Waals surface area contributed by atoms with E-state index in [1.54, 1.807) is 6.07 Å². The fourth-order valence-corrected chi connectivity index (χ4v) is 2.62. The summed E-state index contributed by atoms with van der Waals surface area (Å²) in [6, 6.07) is 7.26. The lowest BCUT2D eigenvalue weighted by molar-refractivity contribution is 0.518. The standard InChI is InChI=1S/C17H24FN3/c1-12(11-15-7-4-5-9-17(15)18)19-10-6-8-16-13(2)20-21-14(16)3/h4-5,7,9,12,19H,6,8,10-11H2,1-3H3,(H,20,21)/t12-/m0/s1. The smallest absolute Gasteiger partial charge is 0.126 e. The highest BCUT2D eigenvalue weighted by atomic mass is 19.1. The topological polar surface area (TPSA) is 40.7 Å². The van der Waals surface area contributed by atoms with E-state index in [9.17, 15) is 4.39 Å². The van der Waals surface area contributed by atoms with Gasteiger partial charge in [0.1, 0.15) is 5.82 Å². The molecule has 21 heavy (non-hydrogen) atoms. The van der Waals surface area contributed by atoms with Crippen molar-refractivity contribution in [3.63, 3.8) is 0 Å². The number of nitrogens with one attached hydrogen (secondary N) is 2. The first kappa shape index (κ1) is 15.7. The summed E-state index contributed by atoms with van der Waals surface area (Å²) < 4.78 is 13.6. The maximum absolute atomic E-state index is 13.6. The maximum atomic E-state index is 13.6. The highest BCUT2D eigenvalue weighted by Crippen LogP contribution is 2.12. The molecule has 0 saturated carbocycles. The van der Waals surface area contributed by atoms with Crippen molar-refractivity contribution >= 4 is 0 Å². The van der Waals surface area contributed by atoms with Gasteiger partial charge in [0.2, 0.25) is 0 Å². The molecular weight excluding hydrogens is 265 g/mol. The molecule has 0 amide bonds. The van der Waals surface area contributed by atoms with Gasteiger partial charge in [0.25, 0.3) is 0 Å². The lowest BCUT2D eigenvalue weighted by Gasteiger charge is -2.14. The summed E-state index contributed by atoms with van der Waals surface area (Å²) in [5, 5.41) is 10.7. The Morgan fingerprint density at radius 3 is 2.71 bits per heavy atom. The molecule has 2 N–H and O–H groups in total. The number of aryl methyl sites for hydroxylation is 2. The molecule has 0 saturated heterocycles. The van der Waals surface area contributed by atoms with E-state index in [0.717, 1.165) is 42.8 Å². The van der Waals surface area contributed by atoms with Crippen LogP contribution in [0.1, 0.15) is 35.9 Å². The van der Waals surface area contributed by atoms with Gasteiger partial charge in [-0.25, -0.2) is 4.39 Å². The number of hydrogen-bond acceptors (Lipinski definition) is 2. The van der Waals surface area contributed by atoms with E-state index < -0.39 is 0 Å². The van der Waals surface area contributed by atoms with Crippen LogP contribution in [0, 0.1) is 19.7 Å². The van der Waals surface area contributed by atoms with E-state index in [-0.39, 0.29) is 11.9 Å². The number of rotatable bonds is 7. The number of aromatic amines is 1. The molecule has 0 unspecified atom stereocenters. The Bertz CT molecular complexity index is 558. The summed E-state index contributed by atoms with van der Waals surface area (Å²) in [4.78, 5) is 0. The van der Waals surface area contributed by atoms with Gasteiger partial charge in [-0.3, -0.25) is 5.10 Å². The molecule has 0 spiro atoms. The van der Waals surface area contributed by atoms with Gasteiger partial charge < -0.3 is 5.32 Å².